The van der Waals surface area contributed by atoms with E-state index in [1.54, 1.807) is 11.0 Å². The second-order valence-corrected chi connectivity index (χ2v) is 5.60. The van der Waals surface area contributed by atoms with Gasteiger partial charge < -0.3 is 10.0 Å². The van der Waals surface area contributed by atoms with Gasteiger partial charge in [-0.25, -0.2) is 0 Å². The summed E-state index contributed by atoms with van der Waals surface area (Å²) < 4.78 is 0. The predicted molar refractivity (Wildman–Crippen MR) is 68.3 cm³/mol. The van der Waals surface area contributed by atoms with Crippen molar-refractivity contribution < 1.29 is 9.90 Å². The van der Waals surface area contributed by atoms with Crippen LogP contribution in [0.1, 0.15) is 23.7 Å². The van der Waals surface area contributed by atoms with Gasteiger partial charge >= 0.3 is 0 Å². The highest BCUT2D eigenvalue weighted by Crippen LogP contribution is 2.25. The molecule has 1 amide bonds. The number of alkyl halides is 1. The minimum atomic E-state index is -0.124. The van der Waals surface area contributed by atoms with Crippen LogP contribution in [0.4, 0.5) is 0 Å². The number of pyridine rings is 1. The van der Waals surface area contributed by atoms with Crippen LogP contribution in [0.5, 0.6) is 5.75 Å². The maximum Gasteiger partial charge on any atom is 0.257 e. The normalized spacial score (nSPS) is 24.7. The molecule has 17 heavy (non-hydrogen) atoms. The van der Waals surface area contributed by atoms with Crippen LogP contribution in [0.2, 0.25) is 0 Å². The third-order valence-electron chi connectivity index (χ3n) is 3.18. The smallest absolute Gasteiger partial charge is 0.257 e. The molecule has 0 spiro atoms. The summed E-state index contributed by atoms with van der Waals surface area (Å²) >= 11 is 3.58. The van der Waals surface area contributed by atoms with Gasteiger partial charge in [0.05, 0.1) is 11.8 Å². The molecule has 2 unspecified atom stereocenters. The Morgan fingerprint density at radius 3 is 3.06 bits per heavy atom. The number of likely N-dealkylation sites (tertiary alicyclic amines) is 1. The zero-order valence-electron chi connectivity index (χ0n) is 9.64. The summed E-state index contributed by atoms with van der Waals surface area (Å²) in [6.07, 6.45) is 3.80. The first kappa shape index (κ1) is 12.4. The van der Waals surface area contributed by atoms with Crippen molar-refractivity contribution >= 4 is 21.8 Å². The average molecular weight is 299 g/mol. The Morgan fingerprint density at radius 2 is 2.41 bits per heavy atom. The molecule has 4 nitrogen and oxygen atoms in total. The third-order valence-corrected chi connectivity index (χ3v) is 4.38. The number of nitrogens with zero attached hydrogens (tertiary/aromatic N) is 2. The second-order valence-electron chi connectivity index (χ2n) is 4.43. The highest BCUT2D eigenvalue weighted by atomic mass is 79.9. The van der Waals surface area contributed by atoms with Gasteiger partial charge in [-0.3, -0.25) is 9.78 Å². The van der Waals surface area contributed by atoms with E-state index < -0.39 is 0 Å². The first-order chi connectivity index (χ1) is 8.09. The number of piperidine rings is 1. The number of hydrogen-bond donors (Lipinski definition) is 1. The van der Waals surface area contributed by atoms with Crippen molar-refractivity contribution in [3.63, 3.8) is 0 Å². The van der Waals surface area contributed by atoms with Gasteiger partial charge in [0.1, 0.15) is 5.75 Å². The summed E-state index contributed by atoms with van der Waals surface area (Å²) in [7, 11) is 0. The number of rotatable bonds is 1. The van der Waals surface area contributed by atoms with Crippen LogP contribution >= 0.6 is 15.9 Å². The summed E-state index contributed by atoms with van der Waals surface area (Å²) in [5.41, 5.74) is 0.328. The van der Waals surface area contributed by atoms with Gasteiger partial charge in [-0.05, 0) is 18.4 Å². The van der Waals surface area contributed by atoms with Crippen molar-refractivity contribution in [3.05, 3.63) is 24.0 Å². The molecule has 2 atom stereocenters. The lowest BCUT2D eigenvalue weighted by molar-refractivity contribution is 0.0703. The quantitative estimate of drug-likeness (QED) is 0.807. The van der Waals surface area contributed by atoms with Gasteiger partial charge in [-0.2, -0.15) is 0 Å². The number of carbonyl (C=O) groups excluding carboxylic acids is 1. The summed E-state index contributed by atoms with van der Waals surface area (Å²) in [6, 6.07) is 1.55. The first-order valence-corrected chi connectivity index (χ1v) is 6.57. The summed E-state index contributed by atoms with van der Waals surface area (Å²) in [6.45, 7) is 3.59. The molecule has 0 bridgehead atoms. The monoisotopic (exact) mass is 298 g/mol. The number of aromatic hydroxyl groups is 1. The lowest BCUT2D eigenvalue weighted by Crippen LogP contribution is -2.43. The lowest BCUT2D eigenvalue weighted by atomic mass is 9.98. The zero-order valence-corrected chi connectivity index (χ0v) is 11.2. The molecule has 0 aliphatic carbocycles. The summed E-state index contributed by atoms with van der Waals surface area (Å²) in [5, 5.41) is 9.61. The Kier molecular flexibility index (Phi) is 3.66. The molecular weight excluding hydrogens is 284 g/mol. The molecule has 1 saturated heterocycles. The number of carbonyl (C=O) groups is 1. The molecule has 2 rings (SSSR count). The standard InChI is InChI=1S/C12H15BrN2O2/c1-8-3-5-15(7-10(8)13)12(17)9-2-4-14-6-11(9)16/h2,4,6,8,10,16H,3,5,7H2,1H3. The molecule has 1 aromatic heterocycles. The van der Waals surface area contributed by atoms with E-state index in [9.17, 15) is 9.90 Å². The number of halogens is 1. The van der Waals surface area contributed by atoms with Crippen LogP contribution in [0.25, 0.3) is 0 Å². The minimum Gasteiger partial charge on any atom is -0.505 e. The molecule has 1 aliphatic rings. The molecule has 0 aromatic carbocycles. The second kappa shape index (κ2) is 5.04. The van der Waals surface area contributed by atoms with E-state index in [2.05, 4.69) is 27.8 Å². The Balaban J connectivity index is 2.14. The Bertz CT molecular complexity index is 425. The maximum atomic E-state index is 12.2. The van der Waals surface area contributed by atoms with Crippen LogP contribution < -0.4 is 0 Å². The summed E-state index contributed by atoms with van der Waals surface area (Å²) in [5.74, 6) is 0.397. The van der Waals surface area contributed by atoms with E-state index in [1.807, 2.05) is 0 Å². The SMILES string of the molecule is CC1CCN(C(=O)c2ccncc2O)CC1Br. The van der Waals surface area contributed by atoms with Crippen LogP contribution in [0.15, 0.2) is 18.5 Å². The van der Waals surface area contributed by atoms with Crippen molar-refractivity contribution in [2.45, 2.75) is 18.2 Å². The van der Waals surface area contributed by atoms with Gasteiger partial charge in [-0.15, -0.1) is 0 Å². The van der Waals surface area contributed by atoms with Gasteiger partial charge in [0.15, 0.2) is 0 Å². The Labute approximate surface area is 109 Å². The summed E-state index contributed by atoms with van der Waals surface area (Å²) in [4.78, 5) is 18.1. The third kappa shape index (κ3) is 2.60. The van der Waals surface area contributed by atoms with Crippen LogP contribution in [0.3, 0.4) is 0 Å². The molecule has 0 radical (unpaired) electrons. The fraction of sp³-hybridized carbons (Fsp3) is 0.500. The van der Waals surface area contributed by atoms with Gasteiger partial charge in [0.25, 0.3) is 5.91 Å². The topological polar surface area (TPSA) is 53.4 Å². The average Bonchev–Trinajstić information content (AvgIpc) is 2.32. The maximum absolute atomic E-state index is 12.2. The zero-order chi connectivity index (χ0) is 12.4. The lowest BCUT2D eigenvalue weighted by Gasteiger charge is -2.34. The Morgan fingerprint density at radius 1 is 1.65 bits per heavy atom. The van der Waals surface area contributed by atoms with E-state index >= 15 is 0 Å². The van der Waals surface area contributed by atoms with Crippen LogP contribution in [0, 0.1) is 5.92 Å². The fourth-order valence-corrected chi connectivity index (χ4v) is 2.56. The molecule has 2 heterocycles. The molecule has 0 saturated carbocycles. The molecule has 1 N–H and O–H groups in total. The highest BCUT2D eigenvalue weighted by Gasteiger charge is 2.28. The van der Waals surface area contributed by atoms with Gasteiger partial charge in [0.2, 0.25) is 0 Å². The van der Waals surface area contributed by atoms with Crippen molar-refractivity contribution in [2.24, 2.45) is 5.92 Å². The number of hydrogen-bond acceptors (Lipinski definition) is 3. The molecule has 1 aromatic rings. The first-order valence-electron chi connectivity index (χ1n) is 5.66. The predicted octanol–water partition coefficient (Wildman–Crippen LogP) is 2.03. The van der Waals surface area contributed by atoms with Crippen molar-refractivity contribution in [1.29, 1.82) is 0 Å². The number of aromatic nitrogens is 1. The largest absolute Gasteiger partial charge is 0.505 e. The van der Waals surface area contributed by atoms with Crippen molar-refractivity contribution in [3.8, 4) is 5.75 Å². The molecule has 1 aliphatic heterocycles. The number of amides is 1. The minimum absolute atomic E-state index is 0.0535. The molecule has 92 valence electrons. The molecular formula is C12H15BrN2O2. The van der Waals surface area contributed by atoms with Crippen molar-refractivity contribution in [1.82, 2.24) is 9.88 Å². The van der Waals surface area contributed by atoms with Gasteiger partial charge in [-0.1, -0.05) is 22.9 Å². The Hall–Kier alpha value is -1.10. The van der Waals surface area contributed by atoms with E-state index in [-0.39, 0.29) is 11.7 Å². The van der Waals surface area contributed by atoms with Crippen LogP contribution in [-0.4, -0.2) is 38.8 Å². The van der Waals surface area contributed by atoms with Gasteiger partial charge in [0, 0.05) is 24.1 Å². The van der Waals surface area contributed by atoms with E-state index in [1.165, 1.54) is 12.4 Å². The molecule has 5 heteroatoms. The van der Waals surface area contributed by atoms with E-state index in [0.29, 0.717) is 22.9 Å². The van der Waals surface area contributed by atoms with E-state index in [4.69, 9.17) is 0 Å². The highest BCUT2D eigenvalue weighted by molar-refractivity contribution is 9.09. The fourth-order valence-electron chi connectivity index (χ4n) is 1.94. The van der Waals surface area contributed by atoms with E-state index in [0.717, 1.165) is 13.0 Å². The molecule has 1 fully saturated rings. The van der Waals surface area contributed by atoms with Crippen LogP contribution in [-0.2, 0) is 0 Å². The van der Waals surface area contributed by atoms with Crippen molar-refractivity contribution in [2.75, 3.05) is 13.1 Å².